The number of rotatable bonds is 5. The average molecular weight is 418 g/mol. The number of carbonyl (C=O) groups excluding carboxylic acids is 2. The van der Waals surface area contributed by atoms with Crippen LogP contribution < -0.4 is 14.5 Å². The Morgan fingerprint density at radius 3 is 2.74 bits per heavy atom. The minimum atomic E-state index is -0.159. The van der Waals surface area contributed by atoms with Crippen molar-refractivity contribution in [3.63, 3.8) is 0 Å². The third kappa shape index (κ3) is 3.54. The summed E-state index contributed by atoms with van der Waals surface area (Å²) in [5.74, 6) is 1.35. The second-order valence-corrected chi connectivity index (χ2v) is 7.71. The molecule has 2 aromatic carbocycles. The SMILES string of the molecule is CCCN1C(=O)COc2ccc(-c3noc([C@H]4CC(=O)N(c5ccccc5)C4)n3)cc21. The quantitative estimate of drug-likeness (QED) is 0.631. The monoisotopic (exact) mass is 418 g/mol. The molecule has 0 bridgehead atoms. The van der Waals surface area contributed by atoms with Gasteiger partial charge in [-0.25, -0.2) is 0 Å². The molecule has 1 saturated heterocycles. The minimum absolute atomic E-state index is 0.0376. The van der Waals surface area contributed by atoms with Crippen molar-refractivity contribution < 1.29 is 18.8 Å². The molecule has 31 heavy (non-hydrogen) atoms. The number of benzene rings is 2. The molecule has 8 heteroatoms. The first-order valence-electron chi connectivity index (χ1n) is 10.4. The first-order valence-corrected chi connectivity index (χ1v) is 10.4. The Morgan fingerprint density at radius 2 is 1.94 bits per heavy atom. The van der Waals surface area contributed by atoms with Gasteiger partial charge < -0.3 is 19.1 Å². The van der Waals surface area contributed by atoms with E-state index >= 15 is 0 Å². The summed E-state index contributed by atoms with van der Waals surface area (Å²) >= 11 is 0. The van der Waals surface area contributed by atoms with E-state index in [-0.39, 0.29) is 24.3 Å². The zero-order valence-electron chi connectivity index (χ0n) is 17.2. The van der Waals surface area contributed by atoms with Crippen molar-refractivity contribution in [2.45, 2.75) is 25.7 Å². The highest BCUT2D eigenvalue weighted by atomic mass is 16.5. The van der Waals surface area contributed by atoms with Crippen LogP contribution >= 0.6 is 0 Å². The normalized spacial score (nSPS) is 18.3. The molecule has 5 rings (SSSR count). The molecule has 1 aromatic heterocycles. The van der Waals surface area contributed by atoms with E-state index < -0.39 is 0 Å². The van der Waals surface area contributed by atoms with Crippen LogP contribution in [0, 0.1) is 0 Å². The molecule has 2 aliphatic heterocycles. The molecule has 0 radical (unpaired) electrons. The number of aromatic nitrogens is 2. The van der Waals surface area contributed by atoms with Crippen molar-refractivity contribution in [3.05, 3.63) is 54.4 Å². The number of nitrogens with zero attached hydrogens (tertiary/aromatic N) is 4. The number of amides is 2. The molecule has 0 unspecified atom stereocenters. The molecule has 158 valence electrons. The van der Waals surface area contributed by atoms with Crippen LogP contribution in [0.4, 0.5) is 11.4 Å². The number of para-hydroxylation sites is 1. The first kappa shape index (κ1) is 19.3. The summed E-state index contributed by atoms with van der Waals surface area (Å²) < 4.78 is 11.1. The number of carbonyl (C=O) groups is 2. The van der Waals surface area contributed by atoms with Crippen molar-refractivity contribution in [1.29, 1.82) is 0 Å². The van der Waals surface area contributed by atoms with Crippen LogP contribution in [0.15, 0.2) is 53.1 Å². The molecule has 2 amide bonds. The Hall–Kier alpha value is -3.68. The number of fused-ring (bicyclic) bond motifs is 1. The van der Waals surface area contributed by atoms with Crippen LogP contribution in [-0.2, 0) is 9.59 Å². The lowest BCUT2D eigenvalue weighted by molar-refractivity contribution is -0.121. The third-order valence-corrected chi connectivity index (χ3v) is 5.59. The van der Waals surface area contributed by atoms with Gasteiger partial charge in [-0.15, -0.1) is 0 Å². The van der Waals surface area contributed by atoms with Gasteiger partial charge in [-0.2, -0.15) is 4.98 Å². The molecule has 8 nitrogen and oxygen atoms in total. The van der Waals surface area contributed by atoms with E-state index in [1.165, 1.54) is 0 Å². The van der Waals surface area contributed by atoms with E-state index in [1.54, 1.807) is 9.80 Å². The zero-order chi connectivity index (χ0) is 21.4. The van der Waals surface area contributed by atoms with Crippen LogP contribution in [0.5, 0.6) is 5.75 Å². The minimum Gasteiger partial charge on any atom is -0.482 e. The Balaban J connectivity index is 1.39. The molecular weight excluding hydrogens is 396 g/mol. The fourth-order valence-electron chi connectivity index (χ4n) is 4.06. The predicted octanol–water partition coefficient (Wildman–Crippen LogP) is 3.39. The van der Waals surface area contributed by atoms with Crippen molar-refractivity contribution in [2.75, 3.05) is 29.5 Å². The maximum Gasteiger partial charge on any atom is 0.265 e. The van der Waals surface area contributed by atoms with Gasteiger partial charge >= 0.3 is 0 Å². The molecule has 3 aromatic rings. The molecule has 0 N–H and O–H groups in total. The van der Waals surface area contributed by atoms with E-state index in [9.17, 15) is 9.59 Å². The van der Waals surface area contributed by atoms with Gasteiger partial charge in [0.05, 0.1) is 11.6 Å². The molecule has 0 spiro atoms. The molecular formula is C23H22N4O4. The summed E-state index contributed by atoms with van der Waals surface area (Å²) in [5.41, 5.74) is 2.32. The number of hydrogen-bond acceptors (Lipinski definition) is 6. The van der Waals surface area contributed by atoms with Crippen molar-refractivity contribution in [1.82, 2.24) is 10.1 Å². The van der Waals surface area contributed by atoms with Crippen molar-refractivity contribution >= 4 is 23.2 Å². The summed E-state index contributed by atoms with van der Waals surface area (Å²) in [7, 11) is 0. The number of anilines is 2. The lowest BCUT2D eigenvalue weighted by Gasteiger charge is -2.29. The van der Waals surface area contributed by atoms with Crippen molar-refractivity contribution in [2.24, 2.45) is 0 Å². The molecule has 1 atom stereocenters. The summed E-state index contributed by atoms with van der Waals surface area (Å²) in [6.07, 6.45) is 1.17. The van der Waals surface area contributed by atoms with Gasteiger partial charge in [0.2, 0.25) is 17.6 Å². The van der Waals surface area contributed by atoms with E-state index in [1.807, 2.05) is 55.5 Å². The van der Waals surface area contributed by atoms with E-state index in [0.29, 0.717) is 42.7 Å². The van der Waals surface area contributed by atoms with Gasteiger partial charge in [-0.05, 0) is 36.8 Å². The van der Waals surface area contributed by atoms with Gasteiger partial charge in [0, 0.05) is 30.8 Å². The topological polar surface area (TPSA) is 88.8 Å². The Labute approximate surface area is 179 Å². The lowest BCUT2D eigenvalue weighted by Crippen LogP contribution is -2.39. The molecule has 2 aliphatic rings. The van der Waals surface area contributed by atoms with Crippen LogP contribution in [0.2, 0.25) is 0 Å². The summed E-state index contributed by atoms with van der Waals surface area (Å²) in [6, 6.07) is 15.1. The Morgan fingerprint density at radius 1 is 1.10 bits per heavy atom. The van der Waals surface area contributed by atoms with Gasteiger partial charge in [0.1, 0.15) is 5.75 Å². The fourth-order valence-corrected chi connectivity index (χ4v) is 4.06. The summed E-state index contributed by atoms with van der Waals surface area (Å²) in [4.78, 5) is 32.8. The summed E-state index contributed by atoms with van der Waals surface area (Å²) in [5, 5.41) is 4.13. The average Bonchev–Trinajstić information content (AvgIpc) is 3.43. The maximum atomic E-state index is 12.5. The predicted molar refractivity (Wildman–Crippen MR) is 114 cm³/mol. The Bertz CT molecular complexity index is 1130. The van der Waals surface area contributed by atoms with Crippen LogP contribution in [0.1, 0.15) is 31.6 Å². The largest absolute Gasteiger partial charge is 0.482 e. The highest BCUT2D eigenvalue weighted by molar-refractivity contribution is 5.98. The molecule has 0 saturated carbocycles. The van der Waals surface area contributed by atoms with Crippen LogP contribution in [-0.4, -0.2) is 41.7 Å². The number of hydrogen-bond donors (Lipinski definition) is 0. The van der Waals surface area contributed by atoms with E-state index in [4.69, 9.17) is 9.26 Å². The molecule has 1 fully saturated rings. The fraction of sp³-hybridized carbons (Fsp3) is 0.304. The molecule has 3 heterocycles. The van der Waals surface area contributed by atoms with E-state index in [0.717, 1.165) is 17.7 Å². The van der Waals surface area contributed by atoms with Gasteiger partial charge in [0.15, 0.2) is 6.61 Å². The highest BCUT2D eigenvalue weighted by Crippen LogP contribution is 2.36. The van der Waals surface area contributed by atoms with Gasteiger partial charge in [-0.3, -0.25) is 9.59 Å². The highest BCUT2D eigenvalue weighted by Gasteiger charge is 2.35. The standard InChI is InChI=1S/C23H22N4O4/c1-2-10-26-18-11-15(8-9-19(18)30-14-21(26)29)22-24-23(31-25-22)16-12-20(28)27(13-16)17-6-4-3-5-7-17/h3-9,11,16H,2,10,12-14H2,1H3/t16-/m0/s1. The second-order valence-electron chi connectivity index (χ2n) is 7.71. The Kier molecular flexibility index (Phi) is 4.89. The van der Waals surface area contributed by atoms with Crippen LogP contribution in [0.3, 0.4) is 0 Å². The maximum absolute atomic E-state index is 12.5. The smallest absolute Gasteiger partial charge is 0.265 e. The zero-order valence-corrected chi connectivity index (χ0v) is 17.2. The van der Waals surface area contributed by atoms with Crippen molar-refractivity contribution in [3.8, 4) is 17.1 Å². The first-order chi connectivity index (χ1) is 15.1. The van der Waals surface area contributed by atoms with E-state index in [2.05, 4.69) is 10.1 Å². The molecule has 0 aliphatic carbocycles. The summed E-state index contributed by atoms with van der Waals surface area (Å²) in [6.45, 7) is 3.20. The third-order valence-electron chi connectivity index (χ3n) is 5.59. The van der Waals surface area contributed by atoms with Gasteiger partial charge in [-0.1, -0.05) is 30.3 Å². The number of ether oxygens (including phenoxy) is 1. The second kappa shape index (κ2) is 7.86. The van der Waals surface area contributed by atoms with Crippen LogP contribution in [0.25, 0.3) is 11.4 Å². The van der Waals surface area contributed by atoms with Gasteiger partial charge in [0.25, 0.3) is 5.91 Å². The lowest BCUT2D eigenvalue weighted by atomic mass is 10.1.